The molecule has 4 saturated heterocycles. The second-order valence-corrected chi connectivity index (χ2v) is 8.35. The summed E-state index contributed by atoms with van der Waals surface area (Å²) in [4.78, 5) is 0. The predicted molar refractivity (Wildman–Crippen MR) is 94.2 cm³/mol. The molecule has 8 atom stereocenters. The zero-order chi connectivity index (χ0) is 20.1. The van der Waals surface area contributed by atoms with Crippen molar-refractivity contribution in [3.63, 3.8) is 0 Å². The average Bonchev–Trinajstić information content (AvgIpc) is 3.26. The van der Waals surface area contributed by atoms with Crippen LogP contribution in [-0.4, -0.2) is 85.7 Å². The van der Waals surface area contributed by atoms with Crippen LogP contribution in [-0.2, 0) is 37.9 Å². The Bertz CT molecular complexity index is 580. The van der Waals surface area contributed by atoms with Crippen LogP contribution < -0.4 is 0 Å². The van der Waals surface area contributed by atoms with Crippen molar-refractivity contribution in [3.8, 4) is 0 Å². The summed E-state index contributed by atoms with van der Waals surface area (Å²) in [5.41, 5.74) is 0. The van der Waals surface area contributed by atoms with Crippen molar-refractivity contribution >= 4 is 0 Å². The average molecular weight is 402 g/mol. The van der Waals surface area contributed by atoms with E-state index in [4.69, 9.17) is 37.9 Å². The summed E-state index contributed by atoms with van der Waals surface area (Å²) in [6.45, 7) is 11.4. The Morgan fingerprint density at radius 3 is 1.93 bits per heavy atom. The molecular weight excluding hydrogens is 372 g/mol. The maximum Gasteiger partial charge on any atom is 0.190 e. The molecule has 0 bridgehead atoms. The summed E-state index contributed by atoms with van der Waals surface area (Å²) >= 11 is 0. The molecule has 0 aromatic heterocycles. The molecule has 0 spiro atoms. The Morgan fingerprint density at radius 2 is 1.39 bits per heavy atom. The molecule has 1 N–H and O–H groups in total. The van der Waals surface area contributed by atoms with E-state index in [-0.39, 0.29) is 25.4 Å². The highest BCUT2D eigenvalue weighted by molar-refractivity contribution is 4.97. The number of aliphatic hydroxyl groups excluding tert-OH is 1. The molecule has 0 amide bonds. The summed E-state index contributed by atoms with van der Waals surface area (Å²) in [6, 6.07) is 0. The van der Waals surface area contributed by atoms with E-state index in [1.165, 1.54) is 0 Å². The molecule has 0 aromatic carbocycles. The molecule has 4 rings (SSSR count). The van der Waals surface area contributed by atoms with Gasteiger partial charge in [-0.2, -0.15) is 0 Å². The third-order valence-corrected chi connectivity index (χ3v) is 5.21. The second-order valence-electron chi connectivity index (χ2n) is 8.35. The van der Waals surface area contributed by atoms with E-state index in [0.717, 1.165) is 0 Å². The van der Waals surface area contributed by atoms with Gasteiger partial charge in [-0.15, -0.1) is 6.58 Å². The number of ether oxygens (including phenoxy) is 8. The first kappa shape index (κ1) is 20.6. The number of fused-ring (bicyclic) bond motifs is 2. The van der Waals surface area contributed by atoms with Crippen LogP contribution in [0.1, 0.15) is 27.7 Å². The summed E-state index contributed by atoms with van der Waals surface area (Å²) in [5, 5.41) is 9.65. The summed E-state index contributed by atoms with van der Waals surface area (Å²) < 4.78 is 47.1. The number of aliphatic hydroxyl groups is 1. The molecule has 0 aromatic rings. The summed E-state index contributed by atoms with van der Waals surface area (Å²) in [7, 11) is 0. The van der Waals surface area contributed by atoms with E-state index < -0.39 is 48.6 Å². The lowest BCUT2D eigenvalue weighted by Gasteiger charge is -2.28. The molecule has 4 aliphatic heterocycles. The molecule has 160 valence electrons. The van der Waals surface area contributed by atoms with Gasteiger partial charge in [0, 0.05) is 0 Å². The lowest BCUT2D eigenvalue weighted by molar-refractivity contribution is -0.235. The highest BCUT2D eigenvalue weighted by Crippen LogP contribution is 2.41. The van der Waals surface area contributed by atoms with E-state index >= 15 is 0 Å². The van der Waals surface area contributed by atoms with Crippen LogP contribution in [0.4, 0.5) is 0 Å². The van der Waals surface area contributed by atoms with Gasteiger partial charge in [0.25, 0.3) is 0 Å². The van der Waals surface area contributed by atoms with Gasteiger partial charge >= 0.3 is 0 Å². The number of hydrogen-bond donors (Lipinski definition) is 1. The minimum Gasteiger partial charge on any atom is -0.394 e. The van der Waals surface area contributed by atoms with Crippen LogP contribution in [0.15, 0.2) is 12.7 Å². The molecule has 4 heterocycles. The maximum absolute atomic E-state index is 9.65. The first-order valence-corrected chi connectivity index (χ1v) is 9.70. The predicted octanol–water partition coefficient (Wildman–Crippen LogP) is 0.688. The van der Waals surface area contributed by atoms with Gasteiger partial charge in [-0.25, -0.2) is 0 Å². The molecule has 4 fully saturated rings. The Balaban J connectivity index is 1.41. The third-order valence-electron chi connectivity index (χ3n) is 5.21. The van der Waals surface area contributed by atoms with Gasteiger partial charge in [0.2, 0.25) is 0 Å². The number of hydrogen-bond acceptors (Lipinski definition) is 9. The quantitative estimate of drug-likeness (QED) is 0.617. The highest BCUT2D eigenvalue weighted by atomic mass is 16.9. The Kier molecular flexibility index (Phi) is 5.58. The number of rotatable bonds is 7. The largest absolute Gasteiger partial charge is 0.394 e. The fraction of sp³-hybridized carbons (Fsp3) is 0.895. The minimum absolute atomic E-state index is 0.196. The second kappa shape index (κ2) is 7.57. The van der Waals surface area contributed by atoms with Crippen molar-refractivity contribution < 1.29 is 43.0 Å². The van der Waals surface area contributed by atoms with E-state index in [1.807, 2.05) is 27.7 Å². The summed E-state index contributed by atoms with van der Waals surface area (Å²) in [5.74, 6) is -1.49. The standard InChI is InChI=1S/C19H30O9/c1-6-7-21-13-11(24-17-15(13)26-19(4,5)28-17)9-22-12-10(8-20)23-16-14(12)25-18(2,3)27-16/h6,10-17,20H,1,7-9H2,2-5H3/t10-,11-,12+,13+,14-,15-,16-,17-/m1/s1. The first-order valence-electron chi connectivity index (χ1n) is 9.70. The highest BCUT2D eigenvalue weighted by Gasteiger charge is 2.58. The topological polar surface area (TPSA) is 94.1 Å². The molecule has 0 radical (unpaired) electrons. The van der Waals surface area contributed by atoms with Crippen molar-refractivity contribution in [2.24, 2.45) is 0 Å². The van der Waals surface area contributed by atoms with E-state index in [1.54, 1.807) is 6.08 Å². The van der Waals surface area contributed by atoms with Crippen LogP contribution in [0.3, 0.4) is 0 Å². The van der Waals surface area contributed by atoms with Crippen LogP contribution in [0.5, 0.6) is 0 Å². The minimum atomic E-state index is -0.763. The van der Waals surface area contributed by atoms with Gasteiger partial charge in [-0.1, -0.05) is 6.08 Å². The van der Waals surface area contributed by atoms with Crippen molar-refractivity contribution in [2.75, 3.05) is 19.8 Å². The van der Waals surface area contributed by atoms with E-state index in [0.29, 0.717) is 6.61 Å². The van der Waals surface area contributed by atoms with Crippen LogP contribution >= 0.6 is 0 Å². The van der Waals surface area contributed by atoms with Crippen LogP contribution in [0.2, 0.25) is 0 Å². The van der Waals surface area contributed by atoms with E-state index in [2.05, 4.69) is 6.58 Å². The summed E-state index contributed by atoms with van der Waals surface area (Å²) in [6.07, 6.45) is -1.99. The Hall–Kier alpha value is -0.620. The van der Waals surface area contributed by atoms with Crippen molar-refractivity contribution in [3.05, 3.63) is 12.7 Å². The van der Waals surface area contributed by atoms with Crippen molar-refractivity contribution in [1.82, 2.24) is 0 Å². The van der Waals surface area contributed by atoms with Gasteiger partial charge < -0.3 is 43.0 Å². The van der Waals surface area contributed by atoms with Gasteiger partial charge in [0.1, 0.15) is 36.6 Å². The van der Waals surface area contributed by atoms with Crippen molar-refractivity contribution in [2.45, 2.75) is 88.5 Å². The zero-order valence-corrected chi connectivity index (χ0v) is 16.7. The molecule has 28 heavy (non-hydrogen) atoms. The molecule has 9 heteroatoms. The lowest BCUT2D eigenvalue weighted by atomic mass is 10.1. The van der Waals surface area contributed by atoms with Gasteiger partial charge in [0.15, 0.2) is 24.2 Å². The van der Waals surface area contributed by atoms with Gasteiger partial charge in [-0.05, 0) is 27.7 Å². The normalized spacial score (nSPS) is 45.9. The monoisotopic (exact) mass is 402 g/mol. The van der Waals surface area contributed by atoms with Crippen molar-refractivity contribution in [1.29, 1.82) is 0 Å². The fourth-order valence-electron chi connectivity index (χ4n) is 4.16. The van der Waals surface area contributed by atoms with E-state index in [9.17, 15) is 5.11 Å². The fourth-order valence-corrected chi connectivity index (χ4v) is 4.16. The third kappa shape index (κ3) is 3.88. The molecule has 4 aliphatic rings. The van der Waals surface area contributed by atoms with Gasteiger partial charge in [0.05, 0.1) is 19.8 Å². The van der Waals surface area contributed by atoms with Crippen LogP contribution in [0, 0.1) is 0 Å². The smallest absolute Gasteiger partial charge is 0.190 e. The lowest BCUT2D eigenvalue weighted by Crippen LogP contribution is -2.43. The molecule has 0 saturated carbocycles. The van der Waals surface area contributed by atoms with Gasteiger partial charge in [-0.3, -0.25) is 0 Å². The molecule has 9 nitrogen and oxygen atoms in total. The molecule has 0 unspecified atom stereocenters. The SMILES string of the molecule is C=CCO[C@@H]1[C@H]2OC(C)(C)O[C@H]2O[C@@H]1CO[C@@H]1[C@H]2OC(C)(C)O[C@H]2O[C@@H]1CO. The zero-order valence-electron chi connectivity index (χ0n) is 16.7. The molecule has 0 aliphatic carbocycles. The first-order chi connectivity index (χ1) is 13.2. The Morgan fingerprint density at radius 1 is 0.857 bits per heavy atom. The maximum atomic E-state index is 9.65. The van der Waals surface area contributed by atoms with Crippen LogP contribution in [0.25, 0.3) is 0 Å². The Labute approximate surface area is 164 Å². The molecular formula is C19H30O9.